The van der Waals surface area contributed by atoms with Gasteiger partial charge in [0.15, 0.2) is 0 Å². The zero-order valence-electron chi connectivity index (χ0n) is 12.0. The number of halogens is 1. The van der Waals surface area contributed by atoms with Gasteiger partial charge in [-0.05, 0) is 18.2 Å². The predicted molar refractivity (Wildman–Crippen MR) is 83.6 cm³/mol. The zero-order valence-corrected chi connectivity index (χ0v) is 13.5. The molecule has 110 valence electrons. The summed E-state index contributed by atoms with van der Waals surface area (Å²) in [6, 6.07) is 4.61. The van der Waals surface area contributed by atoms with Crippen LogP contribution in [0.5, 0.6) is 0 Å². The molecule has 1 aromatic carbocycles. The van der Waals surface area contributed by atoms with Gasteiger partial charge >= 0.3 is 5.97 Å². The number of methoxy groups -OCH3 is 1. The Bertz CT molecular complexity index is 512. The minimum absolute atomic E-state index is 0.00893. The number of nitrogens with one attached hydrogen (secondary N) is 1. The Morgan fingerprint density at radius 2 is 2.00 bits per heavy atom. The van der Waals surface area contributed by atoms with Crippen LogP contribution < -0.4 is 5.32 Å². The van der Waals surface area contributed by atoms with Crippen LogP contribution in [-0.4, -0.2) is 29.5 Å². The summed E-state index contributed by atoms with van der Waals surface area (Å²) in [7, 11) is 1.30. The van der Waals surface area contributed by atoms with Crippen LogP contribution in [0.25, 0.3) is 0 Å². The van der Waals surface area contributed by atoms with E-state index in [2.05, 4.69) is 10.1 Å². The van der Waals surface area contributed by atoms with E-state index in [9.17, 15) is 9.59 Å². The number of carbonyl (C=O) groups excluding carboxylic acids is 2. The zero-order chi connectivity index (χ0) is 15.3. The van der Waals surface area contributed by atoms with E-state index in [1.165, 1.54) is 24.9 Å². The van der Waals surface area contributed by atoms with Crippen LogP contribution in [0.1, 0.15) is 31.1 Å². The molecular weight excluding hydrogens is 298 g/mol. The van der Waals surface area contributed by atoms with Gasteiger partial charge in [-0.1, -0.05) is 32.4 Å². The molecule has 4 nitrogen and oxygen atoms in total. The van der Waals surface area contributed by atoms with Crippen molar-refractivity contribution in [2.75, 3.05) is 18.2 Å². The van der Waals surface area contributed by atoms with E-state index in [0.717, 1.165) is 0 Å². The van der Waals surface area contributed by atoms with Crippen LogP contribution in [0.15, 0.2) is 18.2 Å². The second-order valence-electron chi connectivity index (χ2n) is 5.14. The van der Waals surface area contributed by atoms with Gasteiger partial charge in [-0.15, -0.1) is 11.8 Å². The molecule has 0 fully saturated rings. The van der Waals surface area contributed by atoms with Gasteiger partial charge in [0.25, 0.3) is 0 Å². The first kappa shape index (κ1) is 16.9. The molecular formula is C14H18ClNO3S. The minimum atomic E-state index is -0.471. The highest BCUT2D eigenvalue weighted by Gasteiger charge is 2.15. The number of thioether (sulfide) groups is 1. The number of rotatable bonds is 4. The fraction of sp³-hybridized carbons (Fsp3) is 0.429. The van der Waals surface area contributed by atoms with Crippen LogP contribution in [-0.2, 0) is 9.53 Å². The maximum Gasteiger partial charge on any atom is 0.337 e. The van der Waals surface area contributed by atoms with Crippen molar-refractivity contribution in [1.82, 2.24) is 0 Å². The first-order valence-electron chi connectivity index (χ1n) is 6.04. The number of carbonyl (C=O) groups is 2. The summed E-state index contributed by atoms with van der Waals surface area (Å²) >= 11 is 7.54. The molecule has 0 saturated heterocycles. The molecule has 20 heavy (non-hydrogen) atoms. The summed E-state index contributed by atoms with van der Waals surface area (Å²) in [6.07, 6.45) is 0. The molecule has 0 aliphatic rings. The third kappa shape index (κ3) is 5.43. The van der Waals surface area contributed by atoms with Crippen molar-refractivity contribution in [3.8, 4) is 0 Å². The summed E-state index contributed by atoms with van der Waals surface area (Å²) in [5.74, 6) is -0.308. The van der Waals surface area contributed by atoms with Crippen LogP contribution in [0.4, 0.5) is 5.69 Å². The van der Waals surface area contributed by atoms with Crippen LogP contribution in [0.2, 0.25) is 5.02 Å². The maximum atomic E-state index is 11.9. The Morgan fingerprint density at radius 1 is 1.35 bits per heavy atom. The maximum absolute atomic E-state index is 11.9. The summed E-state index contributed by atoms with van der Waals surface area (Å²) in [4.78, 5) is 23.3. The van der Waals surface area contributed by atoms with E-state index in [-0.39, 0.29) is 10.7 Å². The number of ether oxygens (including phenoxy) is 1. The summed E-state index contributed by atoms with van der Waals surface area (Å²) in [5, 5.41) is 3.08. The fourth-order valence-electron chi connectivity index (χ4n) is 1.33. The predicted octanol–water partition coefficient (Wildman–Crippen LogP) is 3.60. The third-order valence-electron chi connectivity index (χ3n) is 2.30. The Morgan fingerprint density at radius 3 is 2.55 bits per heavy atom. The molecule has 1 N–H and O–H groups in total. The first-order valence-corrected chi connectivity index (χ1v) is 7.41. The smallest absolute Gasteiger partial charge is 0.337 e. The second kappa shape index (κ2) is 6.99. The highest BCUT2D eigenvalue weighted by molar-refractivity contribution is 8.01. The average molecular weight is 316 g/mol. The molecule has 0 aromatic heterocycles. The van der Waals surface area contributed by atoms with Crippen molar-refractivity contribution in [2.45, 2.75) is 25.5 Å². The Kier molecular flexibility index (Phi) is 5.89. The minimum Gasteiger partial charge on any atom is -0.465 e. The van der Waals surface area contributed by atoms with Gasteiger partial charge in [0, 0.05) is 4.75 Å². The first-order chi connectivity index (χ1) is 9.23. The second-order valence-corrected chi connectivity index (χ2v) is 7.34. The van der Waals surface area contributed by atoms with Gasteiger partial charge in [0.1, 0.15) is 0 Å². The molecule has 1 rings (SSSR count). The number of hydrogen-bond acceptors (Lipinski definition) is 4. The van der Waals surface area contributed by atoms with E-state index in [0.29, 0.717) is 22.0 Å². The Balaban J connectivity index is 2.76. The van der Waals surface area contributed by atoms with E-state index in [4.69, 9.17) is 11.6 Å². The summed E-state index contributed by atoms with van der Waals surface area (Å²) < 4.78 is 4.64. The lowest BCUT2D eigenvalue weighted by molar-refractivity contribution is -0.113. The van der Waals surface area contributed by atoms with Crippen molar-refractivity contribution in [1.29, 1.82) is 0 Å². The van der Waals surface area contributed by atoms with Gasteiger partial charge < -0.3 is 10.1 Å². The van der Waals surface area contributed by atoms with Crippen LogP contribution in [0.3, 0.4) is 0 Å². The lowest BCUT2D eigenvalue weighted by Gasteiger charge is -2.17. The van der Waals surface area contributed by atoms with Gasteiger partial charge in [0.2, 0.25) is 5.91 Å². The molecule has 1 amide bonds. The molecule has 0 aliphatic carbocycles. The molecule has 6 heteroatoms. The molecule has 0 unspecified atom stereocenters. The highest BCUT2D eigenvalue weighted by atomic mass is 35.5. The Labute approximate surface area is 128 Å². The molecule has 0 heterocycles. The topological polar surface area (TPSA) is 55.4 Å². The quantitative estimate of drug-likeness (QED) is 0.863. The SMILES string of the molecule is COC(=O)c1ccc(Cl)c(NC(=O)CSC(C)(C)C)c1. The van der Waals surface area contributed by atoms with Crippen molar-refractivity contribution in [3.63, 3.8) is 0 Å². The normalized spacial score (nSPS) is 11.1. The average Bonchev–Trinajstić information content (AvgIpc) is 2.37. The van der Waals surface area contributed by atoms with Crippen molar-refractivity contribution >= 4 is 40.9 Å². The number of amides is 1. The summed E-state index contributed by atoms with van der Waals surface area (Å²) in [6.45, 7) is 6.11. The molecule has 0 saturated carbocycles. The monoisotopic (exact) mass is 315 g/mol. The van der Waals surface area contributed by atoms with E-state index >= 15 is 0 Å². The molecule has 0 bridgehead atoms. The van der Waals surface area contributed by atoms with E-state index in [1.807, 2.05) is 20.8 Å². The Hall–Kier alpha value is -1.20. The van der Waals surface area contributed by atoms with E-state index < -0.39 is 5.97 Å². The van der Waals surface area contributed by atoms with Crippen molar-refractivity contribution in [2.24, 2.45) is 0 Å². The number of hydrogen-bond donors (Lipinski definition) is 1. The number of benzene rings is 1. The van der Waals surface area contributed by atoms with Crippen molar-refractivity contribution < 1.29 is 14.3 Å². The van der Waals surface area contributed by atoms with Crippen molar-refractivity contribution in [3.05, 3.63) is 28.8 Å². The number of anilines is 1. The molecule has 0 atom stereocenters. The van der Waals surface area contributed by atoms with Gasteiger partial charge in [-0.3, -0.25) is 4.79 Å². The molecule has 0 spiro atoms. The van der Waals surface area contributed by atoms with Gasteiger partial charge in [-0.25, -0.2) is 4.79 Å². The summed E-state index contributed by atoms with van der Waals surface area (Å²) in [5.41, 5.74) is 0.754. The molecule has 0 aliphatic heterocycles. The lowest BCUT2D eigenvalue weighted by atomic mass is 10.2. The standard InChI is InChI=1S/C14H18ClNO3S/c1-14(2,3)20-8-12(17)16-11-7-9(13(18)19-4)5-6-10(11)15/h5-7H,8H2,1-4H3,(H,16,17). The van der Waals surface area contributed by atoms with Crippen LogP contribution in [0, 0.1) is 0 Å². The van der Waals surface area contributed by atoms with Gasteiger partial charge in [-0.2, -0.15) is 0 Å². The van der Waals surface area contributed by atoms with Gasteiger partial charge in [0.05, 0.1) is 29.1 Å². The number of esters is 1. The highest BCUT2D eigenvalue weighted by Crippen LogP contribution is 2.26. The third-order valence-corrected chi connectivity index (χ3v) is 3.90. The molecule has 0 radical (unpaired) electrons. The largest absolute Gasteiger partial charge is 0.465 e. The molecule has 1 aromatic rings. The van der Waals surface area contributed by atoms with E-state index in [1.54, 1.807) is 12.1 Å². The van der Waals surface area contributed by atoms with Crippen LogP contribution >= 0.6 is 23.4 Å². The fourth-order valence-corrected chi connectivity index (χ4v) is 2.14. The lowest BCUT2D eigenvalue weighted by Crippen LogP contribution is -2.19.